The molecule has 10 heteroatoms. The van der Waals surface area contributed by atoms with Crippen LogP contribution >= 0.6 is 43.5 Å². The molecule has 0 spiro atoms. The highest BCUT2D eigenvalue weighted by Crippen LogP contribution is 2.60. The molecule has 3 aliphatic rings. The number of rotatable bonds is 6. The Morgan fingerprint density at radius 3 is 2.17 bits per heavy atom. The van der Waals surface area contributed by atoms with Crippen LogP contribution in [0.5, 0.6) is 5.75 Å². The normalized spacial score (nSPS) is 28.9. The van der Waals surface area contributed by atoms with Gasteiger partial charge in [-0.1, -0.05) is 55.6 Å². The third-order valence-corrected chi connectivity index (χ3v) is 10.7. The van der Waals surface area contributed by atoms with E-state index in [0.29, 0.717) is 16.3 Å². The number of halogens is 3. The van der Waals surface area contributed by atoms with Gasteiger partial charge >= 0.3 is 0 Å². The summed E-state index contributed by atoms with van der Waals surface area (Å²) < 4.78 is 5.20. The molecule has 7 nitrogen and oxygen atoms in total. The van der Waals surface area contributed by atoms with Crippen molar-refractivity contribution < 1.29 is 23.9 Å². The van der Waals surface area contributed by atoms with Crippen LogP contribution in [0, 0.1) is 23.7 Å². The topological polar surface area (TPSA) is 84.0 Å². The van der Waals surface area contributed by atoms with Crippen LogP contribution in [-0.4, -0.2) is 56.8 Å². The summed E-state index contributed by atoms with van der Waals surface area (Å²) in [5.74, 6) is -2.50. The average Bonchev–Trinajstić information content (AvgIpc) is 3.47. The van der Waals surface area contributed by atoms with E-state index in [2.05, 4.69) is 31.9 Å². The largest absolute Gasteiger partial charge is 0.497 e. The Kier molecular flexibility index (Phi) is 6.52. The monoisotopic (exact) mass is 622 g/mol. The molecule has 1 saturated heterocycles. The lowest BCUT2D eigenvalue weighted by atomic mass is 9.81. The van der Waals surface area contributed by atoms with Gasteiger partial charge in [-0.3, -0.25) is 19.2 Å². The van der Waals surface area contributed by atoms with Crippen molar-refractivity contribution in [1.29, 1.82) is 0 Å². The van der Waals surface area contributed by atoms with Crippen LogP contribution in [0.1, 0.15) is 27.1 Å². The van der Waals surface area contributed by atoms with Crippen LogP contribution in [0.25, 0.3) is 0 Å². The minimum atomic E-state index is -0.627. The van der Waals surface area contributed by atoms with Crippen LogP contribution in [0.4, 0.5) is 0 Å². The maximum absolute atomic E-state index is 13.6. The van der Waals surface area contributed by atoms with Crippen LogP contribution < -0.4 is 4.74 Å². The number of Topliss-reactive ketones (excluding diaryl/α,β-unsaturated/α-hetero) is 1. The van der Waals surface area contributed by atoms with Gasteiger partial charge in [0.1, 0.15) is 12.3 Å². The van der Waals surface area contributed by atoms with E-state index in [-0.39, 0.29) is 27.1 Å². The molecule has 182 valence electrons. The Labute approximate surface area is 224 Å². The molecule has 0 N–H and O–H groups in total. The van der Waals surface area contributed by atoms with E-state index in [1.165, 1.54) is 19.2 Å². The molecule has 0 unspecified atom stereocenters. The Morgan fingerprint density at radius 1 is 1.00 bits per heavy atom. The van der Waals surface area contributed by atoms with E-state index in [0.717, 1.165) is 16.4 Å². The van der Waals surface area contributed by atoms with E-state index in [4.69, 9.17) is 16.3 Å². The number of carbonyl (C=O) groups is 4. The summed E-state index contributed by atoms with van der Waals surface area (Å²) in [6.45, 7) is -0.476. The maximum Gasteiger partial charge on any atom is 0.273 e. The number of alkyl halides is 2. The zero-order valence-corrected chi connectivity index (χ0v) is 22.5. The zero-order valence-electron chi connectivity index (χ0n) is 18.6. The molecule has 1 aliphatic heterocycles. The SMILES string of the molecule is COc1cccc(C(=O)CN(C(=O)c2ccc(Cl)cc2)N2C(=O)[C@@H]3[C@H]4C[C@@H]([C@@H](Br)[C@H]4Br)[C@H]3C2=O)c1. The van der Waals surface area contributed by atoms with Crippen LogP contribution in [0.3, 0.4) is 0 Å². The van der Waals surface area contributed by atoms with Crippen molar-refractivity contribution in [1.82, 2.24) is 10.0 Å². The van der Waals surface area contributed by atoms with E-state index < -0.39 is 41.9 Å². The van der Waals surface area contributed by atoms with Crippen LogP contribution in [0.2, 0.25) is 5.02 Å². The number of fused-ring (bicyclic) bond motifs is 5. The summed E-state index contributed by atoms with van der Waals surface area (Å²) in [6, 6.07) is 12.6. The average molecular weight is 625 g/mol. The number of ketones is 1. The fourth-order valence-electron chi connectivity index (χ4n) is 5.57. The second-order valence-corrected chi connectivity index (χ2v) is 11.6. The van der Waals surface area contributed by atoms with Crippen molar-refractivity contribution in [3.63, 3.8) is 0 Å². The standard InChI is InChI=1S/C25H21Br2ClN2O5/c1-35-15-4-2-3-13(9-15)18(31)11-29(23(32)12-5-7-14(28)8-6-12)30-24(33)19-16-10-17(20(19)25(30)34)22(27)21(16)26/h2-9,16-17,19-22H,10-11H2,1H3/t16-,17-,19-,20-,21-,22+/m1/s1. The molecule has 1 heterocycles. The number of ether oxygens (including phenoxy) is 1. The van der Waals surface area contributed by atoms with Gasteiger partial charge in [-0.05, 0) is 54.7 Å². The van der Waals surface area contributed by atoms with E-state index in [1.54, 1.807) is 36.4 Å². The van der Waals surface area contributed by atoms with Crippen molar-refractivity contribution in [3.8, 4) is 5.75 Å². The summed E-state index contributed by atoms with van der Waals surface area (Å²) >= 11 is 13.3. The quantitative estimate of drug-likeness (QED) is 0.271. The number of benzene rings is 2. The minimum Gasteiger partial charge on any atom is -0.497 e. The first-order valence-corrected chi connectivity index (χ1v) is 13.3. The molecule has 2 aromatic rings. The highest BCUT2D eigenvalue weighted by Gasteiger charge is 2.67. The second-order valence-electron chi connectivity index (χ2n) is 9.02. The smallest absolute Gasteiger partial charge is 0.273 e. The van der Waals surface area contributed by atoms with Crippen molar-refractivity contribution in [2.75, 3.05) is 13.7 Å². The highest BCUT2D eigenvalue weighted by molar-refractivity contribution is 9.12. The number of amides is 3. The molecule has 2 bridgehead atoms. The Hall–Kier alpha value is -2.23. The van der Waals surface area contributed by atoms with Crippen LogP contribution in [-0.2, 0) is 9.59 Å². The fourth-order valence-corrected chi connectivity index (χ4v) is 7.57. The van der Waals surface area contributed by atoms with Gasteiger partial charge in [0, 0.05) is 25.8 Å². The summed E-state index contributed by atoms with van der Waals surface area (Å²) in [6.07, 6.45) is 0.764. The lowest BCUT2D eigenvalue weighted by Gasteiger charge is -2.31. The van der Waals surface area contributed by atoms with Crippen LogP contribution in [0.15, 0.2) is 48.5 Å². The summed E-state index contributed by atoms with van der Waals surface area (Å²) in [5.41, 5.74) is 0.517. The number of hydrogen-bond donors (Lipinski definition) is 0. The lowest BCUT2D eigenvalue weighted by molar-refractivity contribution is -0.154. The number of hydrogen-bond acceptors (Lipinski definition) is 5. The fraction of sp³-hybridized carbons (Fsp3) is 0.360. The number of methoxy groups -OCH3 is 1. The summed E-state index contributed by atoms with van der Waals surface area (Å²) in [4.78, 5) is 54.2. The molecule has 2 aromatic carbocycles. The Morgan fingerprint density at radius 2 is 1.60 bits per heavy atom. The molecule has 0 aromatic heterocycles. The van der Waals surface area contributed by atoms with Crippen molar-refractivity contribution in [2.45, 2.75) is 16.1 Å². The first kappa shape index (κ1) is 24.5. The molecular formula is C25H21Br2ClN2O5. The van der Waals surface area contributed by atoms with Crippen molar-refractivity contribution >= 4 is 67.0 Å². The van der Waals surface area contributed by atoms with Gasteiger partial charge in [-0.25, -0.2) is 5.01 Å². The highest BCUT2D eigenvalue weighted by atomic mass is 79.9. The predicted molar refractivity (Wildman–Crippen MR) is 136 cm³/mol. The van der Waals surface area contributed by atoms with E-state index in [9.17, 15) is 19.2 Å². The summed E-state index contributed by atoms with van der Waals surface area (Å²) in [5, 5.41) is 2.33. The Bertz CT molecular complexity index is 1190. The first-order chi connectivity index (χ1) is 16.7. The van der Waals surface area contributed by atoms with Gasteiger partial charge in [0.25, 0.3) is 17.7 Å². The second kappa shape index (κ2) is 9.33. The Balaban J connectivity index is 1.50. The number of carbonyl (C=O) groups excluding carboxylic acids is 4. The molecule has 0 radical (unpaired) electrons. The third-order valence-electron chi connectivity index (χ3n) is 7.22. The van der Waals surface area contributed by atoms with E-state index in [1.807, 2.05) is 0 Å². The molecule has 5 rings (SSSR count). The van der Waals surface area contributed by atoms with Crippen molar-refractivity contribution in [3.05, 3.63) is 64.7 Å². The zero-order chi connectivity index (χ0) is 25.0. The number of imide groups is 1. The number of hydrazine groups is 1. The van der Waals surface area contributed by atoms with Gasteiger partial charge in [-0.2, -0.15) is 5.01 Å². The van der Waals surface area contributed by atoms with Gasteiger partial charge in [0.15, 0.2) is 5.78 Å². The van der Waals surface area contributed by atoms with E-state index >= 15 is 0 Å². The lowest BCUT2D eigenvalue weighted by Crippen LogP contribution is -2.52. The van der Waals surface area contributed by atoms with Gasteiger partial charge in [-0.15, -0.1) is 0 Å². The molecule has 6 atom stereocenters. The molecular weight excluding hydrogens is 604 g/mol. The number of nitrogens with zero attached hydrogens (tertiary/aromatic N) is 2. The molecule has 35 heavy (non-hydrogen) atoms. The minimum absolute atomic E-state index is 0.0163. The summed E-state index contributed by atoms with van der Waals surface area (Å²) in [7, 11) is 1.49. The molecule has 2 aliphatic carbocycles. The van der Waals surface area contributed by atoms with Gasteiger partial charge < -0.3 is 4.74 Å². The first-order valence-electron chi connectivity index (χ1n) is 11.1. The molecule has 3 fully saturated rings. The van der Waals surface area contributed by atoms with Gasteiger partial charge in [0.05, 0.1) is 18.9 Å². The maximum atomic E-state index is 13.6. The predicted octanol–water partition coefficient (Wildman–Crippen LogP) is 4.37. The van der Waals surface area contributed by atoms with Crippen molar-refractivity contribution in [2.24, 2.45) is 23.7 Å². The van der Waals surface area contributed by atoms with Gasteiger partial charge in [0.2, 0.25) is 0 Å². The third kappa shape index (κ3) is 4.01. The molecule has 3 amide bonds. The molecule has 2 saturated carbocycles.